The predicted molar refractivity (Wildman–Crippen MR) is 112 cm³/mol. The first kappa shape index (κ1) is 21.2. The second-order valence-corrected chi connectivity index (χ2v) is 7.08. The molecule has 1 amide bonds. The molecule has 0 bridgehead atoms. The maximum absolute atomic E-state index is 12.6. The number of rotatable bonds is 9. The smallest absolute Gasteiger partial charge is 0.331 e. The lowest BCUT2D eigenvalue weighted by Gasteiger charge is -2.15. The van der Waals surface area contributed by atoms with E-state index >= 15 is 0 Å². The number of tetrazole rings is 1. The standard InChI is InChI=1S/C22H25N5O3/c1-3-16(2)18-9-11-19(12-10-18)24-21(28)14-30-22(29)20(27-15-23-25-26-27)13-17-7-5-4-6-8-17/h4-12,15-16,20H,3,13-14H2,1-2H3,(H,24,28)/t16-,20-/m0/s1. The molecule has 3 rings (SSSR count). The number of carbonyl (C=O) groups excluding carboxylic acids is 2. The van der Waals surface area contributed by atoms with Crippen LogP contribution in [-0.4, -0.2) is 38.7 Å². The van der Waals surface area contributed by atoms with Crippen molar-refractivity contribution in [1.29, 1.82) is 0 Å². The first-order valence-electron chi connectivity index (χ1n) is 9.89. The Bertz CT molecular complexity index is 943. The second-order valence-electron chi connectivity index (χ2n) is 7.08. The first-order valence-corrected chi connectivity index (χ1v) is 9.89. The lowest BCUT2D eigenvalue weighted by Crippen LogP contribution is -2.28. The minimum absolute atomic E-state index is 0.351. The van der Waals surface area contributed by atoms with Crippen LogP contribution in [0.25, 0.3) is 0 Å². The van der Waals surface area contributed by atoms with Gasteiger partial charge in [0.2, 0.25) is 0 Å². The van der Waals surface area contributed by atoms with Crippen molar-refractivity contribution in [3.05, 3.63) is 72.1 Å². The third-order valence-corrected chi connectivity index (χ3v) is 4.95. The normalized spacial score (nSPS) is 12.7. The van der Waals surface area contributed by atoms with Gasteiger partial charge in [0.25, 0.3) is 5.91 Å². The van der Waals surface area contributed by atoms with Crippen LogP contribution in [0, 0.1) is 0 Å². The van der Waals surface area contributed by atoms with E-state index in [0.717, 1.165) is 12.0 Å². The topological polar surface area (TPSA) is 99.0 Å². The summed E-state index contributed by atoms with van der Waals surface area (Å²) in [5.41, 5.74) is 2.80. The summed E-state index contributed by atoms with van der Waals surface area (Å²) in [6, 6.07) is 16.4. The van der Waals surface area contributed by atoms with Gasteiger partial charge in [0, 0.05) is 12.1 Å². The van der Waals surface area contributed by atoms with Crippen molar-refractivity contribution in [2.75, 3.05) is 11.9 Å². The van der Waals surface area contributed by atoms with Crippen LogP contribution in [0.1, 0.15) is 43.4 Å². The van der Waals surface area contributed by atoms with Gasteiger partial charge in [-0.15, -0.1) is 5.10 Å². The Hall–Kier alpha value is -3.55. The van der Waals surface area contributed by atoms with E-state index in [2.05, 4.69) is 34.7 Å². The summed E-state index contributed by atoms with van der Waals surface area (Å²) in [5, 5.41) is 13.7. The largest absolute Gasteiger partial charge is 0.454 e. The van der Waals surface area contributed by atoms with E-state index in [-0.39, 0.29) is 6.61 Å². The van der Waals surface area contributed by atoms with Gasteiger partial charge >= 0.3 is 5.97 Å². The number of esters is 1. The van der Waals surface area contributed by atoms with E-state index < -0.39 is 17.9 Å². The van der Waals surface area contributed by atoms with Gasteiger partial charge in [-0.25, -0.2) is 9.48 Å². The van der Waals surface area contributed by atoms with E-state index in [0.29, 0.717) is 18.0 Å². The van der Waals surface area contributed by atoms with Crippen molar-refractivity contribution in [2.45, 2.75) is 38.6 Å². The fourth-order valence-corrected chi connectivity index (χ4v) is 2.99. The van der Waals surface area contributed by atoms with Crippen LogP contribution in [0.4, 0.5) is 5.69 Å². The van der Waals surface area contributed by atoms with Gasteiger partial charge in [0.05, 0.1) is 0 Å². The van der Waals surface area contributed by atoms with Crippen LogP contribution in [0.15, 0.2) is 60.9 Å². The molecular formula is C22H25N5O3. The van der Waals surface area contributed by atoms with Gasteiger partial charge < -0.3 is 10.1 Å². The Balaban J connectivity index is 1.57. The zero-order valence-corrected chi connectivity index (χ0v) is 17.1. The Morgan fingerprint density at radius 2 is 1.83 bits per heavy atom. The molecular weight excluding hydrogens is 382 g/mol. The van der Waals surface area contributed by atoms with Crippen LogP contribution in [-0.2, 0) is 20.7 Å². The quantitative estimate of drug-likeness (QED) is 0.547. The molecule has 1 heterocycles. The SMILES string of the molecule is CC[C@H](C)c1ccc(NC(=O)COC(=O)[C@H](Cc2ccccc2)n2cnnn2)cc1. The van der Waals surface area contributed by atoms with Crippen molar-refractivity contribution >= 4 is 17.6 Å². The van der Waals surface area contributed by atoms with E-state index in [4.69, 9.17) is 4.74 Å². The highest BCUT2D eigenvalue weighted by Crippen LogP contribution is 2.20. The fraction of sp³-hybridized carbons (Fsp3) is 0.318. The lowest BCUT2D eigenvalue weighted by molar-refractivity contribution is -0.151. The van der Waals surface area contributed by atoms with Crippen LogP contribution in [0.3, 0.4) is 0 Å². The molecule has 2 atom stereocenters. The summed E-state index contributed by atoms with van der Waals surface area (Å²) >= 11 is 0. The van der Waals surface area contributed by atoms with Gasteiger partial charge in [-0.2, -0.15) is 0 Å². The second kappa shape index (κ2) is 10.3. The zero-order chi connectivity index (χ0) is 21.3. The molecule has 0 unspecified atom stereocenters. The maximum Gasteiger partial charge on any atom is 0.331 e. The molecule has 8 heteroatoms. The molecule has 156 valence electrons. The van der Waals surface area contributed by atoms with Crippen molar-refractivity contribution < 1.29 is 14.3 Å². The summed E-state index contributed by atoms with van der Waals surface area (Å²) < 4.78 is 6.58. The number of anilines is 1. The third kappa shape index (κ3) is 5.73. The molecule has 0 saturated heterocycles. The van der Waals surface area contributed by atoms with Crippen molar-refractivity contribution in [2.24, 2.45) is 0 Å². The van der Waals surface area contributed by atoms with Gasteiger partial charge in [-0.05, 0) is 46.0 Å². The predicted octanol–water partition coefficient (Wildman–Crippen LogP) is 3.15. The number of nitrogens with one attached hydrogen (secondary N) is 1. The molecule has 0 saturated carbocycles. The lowest BCUT2D eigenvalue weighted by atomic mass is 9.99. The highest BCUT2D eigenvalue weighted by atomic mass is 16.5. The zero-order valence-electron chi connectivity index (χ0n) is 17.1. The number of amides is 1. The number of ether oxygens (including phenoxy) is 1. The van der Waals surface area contributed by atoms with Crippen molar-refractivity contribution in [3.63, 3.8) is 0 Å². The van der Waals surface area contributed by atoms with E-state index in [1.165, 1.54) is 16.6 Å². The fourth-order valence-electron chi connectivity index (χ4n) is 2.99. The van der Waals surface area contributed by atoms with Crippen LogP contribution in [0.2, 0.25) is 0 Å². The minimum Gasteiger partial charge on any atom is -0.454 e. The average Bonchev–Trinajstić information content (AvgIpc) is 3.31. The first-order chi connectivity index (χ1) is 14.6. The van der Waals surface area contributed by atoms with Gasteiger partial charge in [-0.3, -0.25) is 4.79 Å². The van der Waals surface area contributed by atoms with Gasteiger partial charge in [-0.1, -0.05) is 56.3 Å². The monoisotopic (exact) mass is 407 g/mol. The van der Waals surface area contributed by atoms with E-state index in [1.54, 1.807) is 0 Å². The summed E-state index contributed by atoms with van der Waals surface area (Å²) in [6.07, 6.45) is 2.75. The molecule has 30 heavy (non-hydrogen) atoms. The molecule has 2 aromatic carbocycles. The minimum atomic E-state index is -0.759. The molecule has 0 spiro atoms. The van der Waals surface area contributed by atoms with Crippen LogP contribution >= 0.6 is 0 Å². The molecule has 0 fully saturated rings. The molecule has 0 aliphatic carbocycles. The van der Waals surface area contributed by atoms with Gasteiger partial charge in [0.15, 0.2) is 12.6 Å². The highest BCUT2D eigenvalue weighted by molar-refractivity contribution is 5.93. The summed E-state index contributed by atoms with van der Waals surface area (Å²) in [4.78, 5) is 24.9. The highest BCUT2D eigenvalue weighted by Gasteiger charge is 2.24. The summed E-state index contributed by atoms with van der Waals surface area (Å²) in [5.74, 6) is -0.522. The average molecular weight is 407 g/mol. The molecule has 1 aromatic heterocycles. The maximum atomic E-state index is 12.6. The van der Waals surface area contributed by atoms with Crippen molar-refractivity contribution in [3.8, 4) is 0 Å². The number of aromatic nitrogens is 4. The Morgan fingerprint density at radius 3 is 2.47 bits per heavy atom. The Kier molecular flexibility index (Phi) is 7.26. The molecule has 0 radical (unpaired) electrons. The Morgan fingerprint density at radius 1 is 1.10 bits per heavy atom. The summed E-state index contributed by atoms with van der Waals surface area (Å²) in [7, 11) is 0. The molecule has 0 aliphatic rings. The van der Waals surface area contributed by atoms with Gasteiger partial charge in [0.1, 0.15) is 6.33 Å². The number of hydrogen-bond donors (Lipinski definition) is 1. The van der Waals surface area contributed by atoms with Crippen LogP contribution < -0.4 is 5.32 Å². The number of carbonyl (C=O) groups is 2. The van der Waals surface area contributed by atoms with E-state index in [1.807, 2.05) is 54.6 Å². The van der Waals surface area contributed by atoms with Crippen molar-refractivity contribution in [1.82, 2.24) is 20.2 Å². The molecule has 1 N–H and O–H groups in total. The molecule has 8 nitrogen and oxygen atoms in total. The van der Waals surface area contributed by atoms with E-state index in [9.17, 15) is 9.59 Å². The molecule has 0 aliphatic heterocycles. The number of benzene rings is 2. The van der Waals surface area contributed by atoms with Crippen LogP contribution in [0.5, 0.6) is 0 Å². The number of nitrogens with zero attached hydrogens (tertiary/aromatic N) is 4. The summed E-state index contributed by atoms with van der Waals surface area (Å²) in [6.45, 7) is 3.90. The molecule has 3 aromatic rings. The number of hydrogen-bond acceptors (Lipinski definition) is 6. The Labute approximate surface area is 175 Å². The third-order valence-electron chi connectivity index (χ3n) is 4.95.